The summed E-state index contributed by atoms with van der Waals surface area (Å²) in [6, 6.07) is 3.35. The fourth-order valence-corrected chi connectivity index (χ4v) is 1.34. The van der Waals surface area contributed by atoms with Gasteiger partial charge in [0.25, 0.3) is 5.91 Å². The largest absolute Gasteiger partial charge is 0.508 e. The van der Waals surface area contributed by atoms with Crippen molar-refractivity contribution in [2.45, 2.75) is 25.9 Å². The van der Waals surface area contributed by atoms with E-state index in [-0.39, 0.29) is 17.9 Å². The maximum atomic E-state index is 13.3. The number of halogens is 1. The lowest BCUT2D eigenvalue weighted by molar-refractivity contribution is 0.0938. The first-order valence-electron chi connectivity index (χ1n) is 5.49. The summed E-state index contributed by atoms with van der Waals surface area (Å²) >= 11 is 0. The van der Waals surface area contributed by atoms with E-state index in [4.69, 9.17) is 5.11 Å². The Balaban J connectivity index is 2.52. The van der Waals surface area contributed by atoms with Gasteiger partial charge in [-0.25, -0.2) is 4.39 Å². The molecular formula is C12H16FNO3. The van der Waals surface area contributed by atoms with Gasteiger partial charge in [0, 0.05) is 12.6 Å². The lowest BCUT2D eigenvalue weighted by atomic mass is 10.1. The molecule has 0 bridgehead atoms. The van der Waals surface area contributed by atoms with E-state index >= 15 is 0 Å². The van der Waals surface area contributed by atoms with Gasteiger partial charge in [0.05, 0.1) is 11.7 Å². The number of amides is 1. The van der Waals surface area contributed by atoms with Gasteiger partial charge >= 0.3 is 0 Å². The number of benzene rings is 1. The van der Waals surface area contributed by atoms with E-state index in [1.165, 1.54) is 12.1 Å². The van der Waals surface area contributed by atoms with Crippen molar-refractivity contribution in [2.75, 3.05) is 6.54 Å². The molecule has 1 aromatic rings. The highest BCUT2D eigenvalue weighted by Gasteiger charge is 2.12. The van der Waals surface area contributed by atoms with Crippen LogP contribution in [0.4, 0.5) is 4.39 Å². The fourth-order valence-electron chi connectivity index (χ4n) is 1.34. The molecule has 4 nitrogen and oxygen atoms in total. The molecule has 1 aromatic carbocycles. The summed E-state index contributed by atoms with van der Waals surface area (Å²) in [5, 5.41) is 20.8. The molecule has 1 amide bonds. The van der Waals surface area contributed by atoms with Crippen LogP contribution in [0, 0.1) is 5.82 Å². The standard InChI is InChI=1S/C12H16FNO3/c1-2-8(15)5-6-14-12(17)10-4-3-9(16)7-11(10)13/h3-4,7-8,15-16H,2,5-6H2,1H3,(H,14,17). The second-order valence-corrected chi connectivity index (χ2v) is 3.77. The number of nitrogens with one attached hydrogen (secondary N) is 1. The summed E-state index contributed by atoms with van der Waals surface area (Å²) in [6.07, 6.45) is 0.589. The van der Waals surface area contributed by atoms with Crippen molar-refractivity contribution in [3.63, 3.8) is 0 Å². The predicted octanol–water partition coefficient (Wildman–Crippen LogP) is 1.42. The molecule has 3 N–H and O–H groups in total. The first kappa shape index (κ1) is 13.4. The number of aliphatic hydroxyl groups is 1. The third-order valence-electron chi connectivity index (χ3n) is 2.43. The highest BCUT2D eigenvalue weighted by Crippen LogP contribution is 2.14. The Hall–Kier alpha value is -1.62. The van der Waals surface area contributed by atoms with Crippen molar-refractivity contribution in [3.8, 4) is 5.75 Å². The molecule has 0 aromatic heterocycles. The van der Waals surface area contributed by atoms with Crippen molar-refractivity contribution >= 4 is 5.91 Å². The quantitative estimate of drug-likeness (QED) is 0.730. The van der Waals surface area contributed by atoms with Crippen molar-refractivity contribution in [1.29, 1.82) is 0 Å². The molecule has 0 radical (unpaired) electrons. The summed E-state index contributed by atoms with van der Waals surface area (Å²) in [5.41, 5.74) is -0.117. The van der Waals surface area contributed by atoms with Gasteiger partial charge in [-0.1, -0.05) is 6.92 Å². The van der Waals surface area contributed by atoms with Crippen LogP contribution in [0.15, 0.2) is 18.2 Å². The van der Waals surface area contributed by atoms with Gasteiger partial charge in [0.1, 0.15) is 11.6 Å². The molecule has 94 valence electrons. The SMILES string of the molecule is CCC(O)CCNC(=O)c1ccc(O)cc1F. The van der Waals surface area contributed by atoms with Gasteiger partial charge in [-0.15, -0.1) is 0 Å². The van der Waals surface area contributed by atoms with Crippen LogP contribution in [-0.4, -0.2) is 28.8 Å². The Labute approximate surface area is 99.1 Å². The van der Waals surface area contributed by atoms with Gasteiger partial charge in [-0.2, -0.15) is 0 Å². The average Bonchev–Trinajstić information content (AvgIpc) is 2.28. The molecule has 1 rings (SSSR count). The van der Waals surface area contributed by atoms with Crippen molar-refractivity contribution in [1.82, 2.24) is 5.32 Å². The minimum Gasteiger partial charge on any atom is -0.508 e. The number of phenols is 1. The summed E-state index contributed by atoms with van der Waals surface area (Å²) in [5.74, 6) is -1.54. The average molecular weight is 241 g/mol. The molecule has 0 aliphatic rings. The summed E-state index contributed by atoms with van der Waals surface area (Å²) in [4.78, 5) is 11.5. The van der Waals surface area contributed by atoms with Gasteiger partial charge in [0.2, 0.25) is 0 Å². The molecule has 1 atom stereocenters. The molecule has 0 spiro atoms. The van der Waals surface area contributed by atoms with Crippen molar-refractivity contribution < 1.29 is 19.4 Å². The number of hydrogen-bond acceptors (Lipinski definition) is 3. The Morgan fingerprint density at radius 1 is 1.53 bits per heavy atom. The van der Waals surface area contributed by atoms with E-state index in [2.05, 4.69) is 5.32 Å². The third kappa shape index (κ3) is 4.03. The Bertz CT molecular complexity index is 395. The smallest absolute Gasteiger partial charge is 0.254 e. The van der Waals surface area contributed by atoms with E-state index in [0.717, 1.165) is 6.07 Å². The van der Waals surface area contributed by atoms with E-state index in [1.807, 2.05) is 6.92 Å². The lowest BCUT2D eigenvalue weighted by Crippen LogP contribution is -2.27. The number of aromatic hydroxyl groups is 1. The number of aliphatic hydroxyl groups excluding tert-OH is 1. The first-order valence-corrected chi connectivity index (χ1v) is 5.49. The molecule has 0 saturated heterocycles. The van der Waals surface area contributed by atoms with E-state index in [1.54, 1.807) is 0 Å². The topological polar surface area (TPSA) is 69.6 Å². The zero-order valence-electron chi connectivity index (χ0n) is 9.61. The summed E-state index contributed by atoms with van der Waals surface area (Å²) in [7, 11) is 0. The molecule has 0 fully saturated rings. The highest BCUT2D eigenvalue weighted by atomic mass is 19.1. The normalized spacial score (nSPS) is 12.2. The maximum Gasteiger partial charge on any atom is 0.254 e. The minimum atomic E-state index is -0.765. The van der Waals surface area contributed by atoms with Crippen LogP contribution in [-0.2, 0) is 0 Å². The lowest BCUT2D eigenvalue weighted by Gasteiger charge is -2.09. The fraction of sp³-hybridized carbons (Fsp3) is 0.417. The molecule has 17 heavy (non-hydrogen) atoms. The van der Waals surface area contributed by atoms with Crippen LogP contribution < -0.4 is 5.32 Å². The number of phenolic OH excluding ortho intramolecular Hbond substituents is 1. The number of carbonyl (C=O) groups excluding carboxylic acids is 1. The second kappa shape index (κ2) is 6.20. The van der Waals surface area contributed by atoms with E-state index < -0.39 is 17.8 Å². The van der Waals surface area contributed by atoms with Crippen LogP contribution in [0.2, 0.25) is 0 Å². The Kier molecular flexibility index (Phi) is 4.90. The van der Waals surface area contributed by atoms with Crippen LogP contribution >= 0.6 is 0 Å². The third-order valence-corrected chi connectivity index (χ3v) is 2.43. The van der Waals surface area contributed by atoms with Gasteiger partial charge in [-0.05, 0) is 25.0 Å². The molecule has 0 aliphatic heterocycles. The van der Waals surface area contributed by atoms with Crippen LogP contribution in [0.25, 0.3) is 0 Å². The number of hydrogen-bond donors (Lipinski definition) is 3. The second-order valence-electron chi connectivity index (χ2n) is 3.77. The summed E-state index contributed by atoms with van der Waals surface area (Å²) < 4.78 is 13.3. The van der Waals surface area contributed by atoms with E-state index in [0.29, 0.717) is 12.8 Å². The molecular weight excluding hydrogens is 225 g/mol. The number of carbonyl (C=O) groups is 1. The first-order chi connectivity index (χ1) is 8.04. The summed E-state index contributed by atoms with van der Waals surface area (Å²) in [6.45, 7) is 2.13. The van der Waals surface area contributed by atoms with E-state index in [9.17, 15) is 14.3 Å². The number of rotatable bonds is 5. The van der Waals surface area contributed by atoms with Crippen LogP contribution in [0.3, 0.4) is 0 Å². The molecule has 0 saturated carbocycles. The van der Waals surface area contributed by atoms with Crippen molar-refractivity contribution in [2.24, 2.45) is 0 Å². The predicted molar refractivity (Wildman–Crippen MR) is 61.3 cm³/mol. The molecule has 0 aliphatic carbocycles. The van der Waals surface area contributed by atoms with Gasteiger partial charge in [-0.3, -0.25) is 4.79 Å². The van der Waals surface area contributed by atoms with Crippen molar-refractivity contribution in [3.05, 3.63) is 29.6 Å². The monoisotopic (exact) mass is 241 g/mol. The Morgan fingerprint density at radius 3 is 2.82 bits per heavy atom. The highest BCUT2D eigenvalue weighted by molar-refractivity contribution is 5.94. The van der Waals surface area contributed by atoms with Crippen LogP contribution in [0.5, 0.6) is 5.75 Å². The Morgan fingerprint density at radius 2 is 2.24 bits per heavy atom. The molecule has 0 heterocycles. The minimum absolute atomic E-state index is 0.117. The zero-order valence-corrected chi connectivity index (χ0v) is 9.61. The maximum absolute atomic E-state index is 13.3. The molecule has 1 unspecified atom stereocenters. The molecule has 5 heteroatoms. The van der Waals surface area contributed by atoms with Crippen LogP contribution in [0.1, 0.15) is 30.1 Å². The van der Waals surface area contributed by atoms with Gasteiger partial charge in [0.15, 0.2) is 0 Å². The zero-order chi connectivity index (χ0) is 12.8. The van der Waals surface area contributed by atoms with Gasteiger partial charge < -0.3 is 15.5 Å².